The van der Waals surface area contributed by atoms with E-state index in [0.717, 1.165) is 28.2 Å². The minimum absolute atomic E-state index is 0.0547. The molecule has 5 rings (SSSR count). The van der Waals surface area contributed by atoms with Crippen LogP contribution in [0.15, 0.2) is 59.7 Å². The molecule has 2 atom stereocenters. The van der Waals surface area contributed by atoms with Gasteiger partial charge in [0.2, 0.25) is 6.23 Å². The number of benzene rings is 3. The number of nitrogens with zero attached hydrogens (tertiary/aromatic N) is 2. The molecule has 6 nitrogen and oxygen atoms in total. The number of rotatable bonds is 5. The molecule has 0 saturated carbocycles. The number of ether oxygens (including phenoxy) is 4. The molecule has 0 bridgehead atoms. The van der Waals surface area contributed by atoms with Crippen LogP contribution in [0.1, 0.15) is 35.4 Å². The zero-order chi connectivity index (χ0) is 23.1. The van der Waals surface area contributed by atoms with E-state index in [9.17, 15) is 0 Å². The van der Waals surface area contributed by atoms with E-state index in [2.05, 4.69) is 0 Å². The SMILES string of the molecule is COc1cc(OC)c([C@H]2Oc3ccc(Cl)cc3[C@@H]3CC(c4ccc(Cl)cc4)=NN23)cc1OC. The van der Waals surface area contributed by atoms with Gasteiger partial charge in [0.1, 0.15) is 11.5 Å². The first-order valence-corrected chi connectivity index (χ1v) is 11.2. The lowest BCUT2D eigenvalue weighted by atomic mass is 9.95. The molecular weight excluding hydrogens is 463 g/mol. The second-order valence-electron chi connectivity index (χ2n) is 7.76. The monoisotopic (exact) mass is 484 g/mol. The van der Waals surface area contributed by atoms with Crippen molar-refractivity contribution in [3.8, 4) is 23.0 Å². The molecule has 0 N–H and O–H groups in total. The molecule has 0 radical (unpaired) electrons. The Morgan fingerprint density at radius 1 is 0.818 bits per heavy atom. The summed E-state index contributed by atoms with van der Waals surface area (Å²) in [5.74, 6) is 2.53. The third-order valence-corrected chi connectivity index (χ3v) is 6.42. The van der Waals surface area contributed by atoms with Crippen LogP contribution in [0.5, 0.6) is 23.0 Å². The Morgan fingerprint density at radius 2 is 1.48 bits per heavy atom. The van der Waals surface area contributed by atoms with E-state index in [0.29, 0.717) is 33.7 Å². The van der Waals surface area contributed by atoms with Gasteiger partial charge >= 0.3 is 0 Å². The van der Waals surface area contributed by atoms with Crippen LogP contribution in [0.4, 0.5) is 0 Å². The van der Waals surface area contributed by atoms with Crippen LogP contribution in [-0.2, 0) is 0 Å². The van der Waals surface area contributed by atoms with E-state index in [4.69, 9.17) is 47.3 Å². The number of methoxy groups -OCH3 is 3. The maximum Gasteiger partial charge on any atom is 0.217 e. The van der Waals surface area contributed by atoms with Crippen molar-refractivity contribution in [3.63, 3.8) is 0 Å². The highest BCUT2D eigenvalue weighted by Gasteiger charge is 2.42. The second-order valence-corrected chi connectivity index (χ2v) is 8.63. The molecule has 2 aliphatic heterocycles. The minimum Gasteiger partial charge on any atom is -0.496 e. The summed E-state index contributed by atoms with van der Waals surface area (Å²) in [4.78, 5) is 0. The minimum atomic E-state index is -0.539. The van der Waals surface area contributed by atoms with Crippen molar-refractivity contribution in [2.75, 3.05) is 21.3 Å². The molecule has 2 heterocycles. The zero-order valence-corrected chi connectivity index (χ0v) is 19.9. The summed E-state index contributed by atoms with van der Waals surface area (Å²) in [7, 11) is 4.81. The number of hydrogen-bond acceptors (Lipinski definition) is 6. The standard InChI is InChI=1S/C25H22Cl2N2O4/c1-30-22-13-24(32-3)23(31-2)11-18(22)25-29-20(17-10-16(27)8-9-21(17)33-25)12-19(28-29)14-4-6-15(26)7-5-14/h4-11,13,20,25H,12H2,1-3H3/t20-,25+/m0/s1. The highest BCUT2D eigenvalue weighted by molar-refractivity contribution is 6.31. The number of hydrazone groups is 1. The Labute approximate surface area is 202 Å². The summed E-state index contributed by atoms with van der Waals surface area (Å²) in [5, 5.41) is 8.28. The second kappa shape index (κ2) is 8.69. The average molecular weight is 485 g/mol. The Bertz CT molecular complexity index is 1230. The molecule has 8 heteroatoms. The maximum absolute atomic E-state index is 6.47. The predicted molar refractivity (Wildman–Crippen MR) is 128 cm³/mol. The molecule has 2 aliphatic rings. The highest BCUT2D eigenvalue weighted by Crippen LogP contribution is 2.50. The third-order valence-electron chi connectivity index (χ3n) is 5.93. The third kappa shape index (κ3) is 3.83. The van der Waals surface area contributed by atoms with Crippen LogP contribution in [-0.4, -0.2) is 32.0 Å². The van der Waals surface area contributed by atoms with Gasteiger partial charge in [0.25, 0.3) is 0 Å². The summed E-state index contributed by atoms with van der Waals surface area (Å²) in [5.41, 5.74) is 3.72. The lowest BCUT2D eigenvalue weighted by Gasteiger charge is -2.38. The van der Waals surface area contributed by atoms with E-state index < -0.39 is 6.23 Å². The molecule has 3 aromatic carbocycles. The normalized spacial score (nSPS) is 18.7. The quantitative estimate of drug-likeness (QED) is 0.427. The van der Waals surface area contributed by atoms with Crippen LogP contribution in [0, 0.1) is 0 Å². The van der Waals surface area contributed by atoms with E-state index in [1.807, 2.05) is 53.5 Å². The van der Waals surface area contributed by atoms with Gasteiger partial charge in [-0.2, -0.15) is 5.10 Å². The lowest BCUT2D eigenvalue weighted by molar-refractivity contribution is -0.0204. The van der Waals surface area contributed by atoms with E-state index in [-0.39, 0.29) is 6.04 Å². The van der Waals surface area contributed by atoms with Crippen molar-refractivity contribution in [3.05, 3.63) is 81.3 Å². The van der Waals surface area contributed by atoms with Crippen molar-refractivity contribution in [2.45, 2.75) is 18.7 Å². The van der Waals surface area contributed by atoms with Gasteiger partial charge in [-0.25, -0.2) is 5.01 Å². The number of hydrogen-bond donors (Lipinski definition) is 0. The average Bonchev–Trinajstić information content (AvgIpc) is 3.29. The lowest BCUT2D eigenvalue weighted by Crippen LogP contribution is -2.34. The molecule has 0 amide bonds. The van der Waals surface area contributed by atoms with Crippen LogP contribution in [0.2, 0.25) is 10.0 Å². The Hall–Kier alpha value is -3.09. The van der Waals surface area contributed by atoms with Crippen molar-refractivity contribution < 1.29 is 18.9 Å². The summed E-state index contributed by atoms with van der Waals surface area (Å²) in [6.45, 7) is 0. The summed E-state index contributed by atoms with van der Waals surface area (Å²) in [6.07, 6.45) is 0.160. The van der Waals surface area contributed by atoms with Crippen LogP contribution >= 0.6 is 23.2 Å². The smallest absolute Gasteiger partial charge is 0.217 e. The first-order chi connectivity index (χ1) is 16.0. The Kier molecular flexibility index (Phi) is 5.72. The summed E-state index contributed by atoms with van der Waals surface area (Å²) < 4.78 is 23.2. The van der Waals surface area contributed by atoms with Gasteiger partial charge in [0.05, 0.1) is 38.6 Å². The molecule has 0 unspecified atom stereocenters. The molecule has 0 fully saturated rings. The molecule has 170 valence electrons. The predicted octanol–water partition coefficient (Wildman–Crippen LogP) is 6.26. The molecule has 0 aromatic heterocycles. The van der Waals surface area contributed by atoms with E-state index in [1.54, 1.807) is 27.4 Å². The molecule has 3 aromatic rings. The zero-order valence-electron chi connectivity index (χ0n) is 18.3. The van der Waals surface area contributed by atoms with Crippen LogP contribution in [0.3, 0.4) is 0 Å². The Balaban J connectivity index is 1.64. The van der Waals surface area contributed by atoms with Gasteiger partial charge < -0.3 is 18.9 Å². The Morgan fingerprint density at radius 3 is 2.18 bits per heavy atom. The highest BCUT2D eigenvalue weighted by atomic mass is 35.5. The molecule has 33 heavy (non-hydrogen) atoms. The summed E-state index contributed by atoms with van der Waals surface area (Å²) >= 11 is 12.4. The topological polar surface area (TPSA) is 52.5 Å². The fourth-order valence-corrected chi connectivity index (χ4v) is 4.63. The fraction of sp³-hybridized carbons (Fsp3) is 0.240. The van der Waals surface area contributed by atoms with E-state index in [1.165, 1.54) is 0 Å². The van der Waals surface area contributed by atoms with Gasteiger partial charge in [-0.1, -0.05) is 35.3 Å². The van der Waals surface area contributed by atoms with Gasteiger partial charge in [0, 0.05) is 28.1 Å². The van der Waals surface area contributed by atoms with Gasteiger partial charge in [-0.15, -0.1) is 0 Å². The van der Waals surface area contributed by atoms with Gasteiger partial charge in [-0.05, 0) is 42.0 Å². The van der Waals surface area contributed by atoms with E-state index >= 15 is 0 Å². The van der Waals surface area contributed by atoms with Crippen molar-refractivity contribution in [1.29, 1.82) is 0 Å². The maximum atomic E-state index is 6.47. The molecule has 0 aliphatic carbocycles. The van der Waals surface area contributed by atoms with Crippen molar-refractivity contribution in [1.82, 2.24) is 5.01 Å². The molecule has 0 saturated heterocycles. The number of halogens is 2. The fourth-order valence-electron chi connectivity index (χ4n) is 4.33. The molecular formula is C25H22Cl2N2O4. The molecule has 0 spiro atoms. The van der Waals surface area contributed by atoms with Gasteiger partial charge in [0.15, 0.2) is 11.5 Å². The van der Waals surface area contributed by atoms with Gasteiger partial charge in [-0.3, -0.25) is 0 Å². The van der Waals surface area contributed by atoms with Crippen LogP contribution in [0.25, 0.3) is 0 Å². The largest absolute Gasteiger partial charge is 0.496 e. The number of fused-ring (bicyclic) bond motifs is 3. The summed E-state index contributed by atoms with van der Waals surface area (Å²) in [6, 6.07) is 17.0. The first kappa shape index (κ1) is 21.7. The van der Waals surface area contributed by atoms with Crippen molar-refractivity contribution >= 4 is 28.9 Å². The van der Waals surface area contributed by atoms with Crippen molar-refractivity contribution in [2.24, 2.45) is 5.10 Å². The first-order valence-electron chi connectivity index (χ1n) is 10.4. The van der Waals surface area contributed by atoms with Crippen LogP contribution < -0.4 is 18.9 Å².